The van der Waals surface area contributed by atoms with Crippen molar-refractivity contribution in [3.05, 3.63) is 0 Å². The van der Waals surface area contributed by atoms with Crippen molar-refractivity contribution >= 4 is 12.3 Å². The Morgan fingerprint density at radius 2 is 1.81 bits per heavy atom. The van der Waals surface area contributed by atoms with Gasteiger partial charge in [-0.25, -0.2) is 4.72 Å². The summed E-state index contributed by atoms with van der Waals surface area (Å²) in [7, 11) is 0. The van der Waals surface area contributed by atoms with E-state index in [1.165, 1.54) is 19.3 Å². The highest BCUT2D eigenvalue weighted by molar-refractivity contribution is 7.92. The minimum Gasteiger partial charge on any atom is -0.301 e. The summed E-state index contributed by atoms with van der Waals surface area (Å²) in [5, 5.41) is 0. The summed E-state index contributed by atoms with van der Waals surface area (Å²) < 4.78 is 14.7. The summed E-state index contributed by atoms with van der Waals surface area (Å²) in [6, 6.07) is 0.962. The summed E-state index contributed by atoms with van der Waals surface area (Å²) in [6.45, 7) is 11.0. The molecule has 0 spiro atoms. The van der Waals surface area contributed by atoms with Gasteiger partial charge in [-0.15, -0.1) is 3.89 Å². The van der Waals surface area contributed by atoms with Crippen molar-refractivity contribution in [2.75, 3.05) is 13.1 Å². The van der Waals surface area contributed by atoms with Gasteiger partial charge in [0, 0.05) is 12.1 Å². The van der Waals surface area contributed by atoms with Crippen molar-refractivity contribution in [1.29, 1.82) is 0 Å². The zero-order chi connectivity index (χ0) is 12.4. The van der Waals surface area contributed by atoms with Gasteiger partial charge in [-0.3, -0.25) is 0 Å². The molecule has 2 unspecified atom stereocenters. The van der Waals surface area contributed by atoms with E-state index in [0.29, 0.717) is 6.04 Å². The van der Waals surface area contributed by atoms with Crippen LogP contribution in [0.25, 0.3) is 0 Å². The van der Waals surface area contributed by atoms with E-state index in [-0.39, 0.29) is 18.4 Å². The van der Waals surface area contributed by atoms with Gasteiger partial charge in [0.25, 0.3) is 0 Å². The molecule has 2 atom stereocenters. The van der Waals surface area contributed by atoms with Gasteiger partial charge >= 0.3 is 0 Å². The minimum absolute atomic E-state index is 0.229. The molecular formula is C12H27FN2S. The lowest BCUT2D eigenvalue weighted by Gasteiger charge is -2.29. The topological polar surface area (TPSA) is 15.3 Å². The van der Waals surface area contributed by atoms with E-state index in [0.717, 1.165) is 19.5 Å². The molecule has 0 aliphatic carbocycles. The second-order valence-corrected chi connectivity index (χ2v) is 4.70. The lowest BCUT2D eigenvalue weighted by atomic mass is 10.0. The fourth-order valence-electron chi connectivity index (χ4n) is 2.18. The summed E-state index contributed by atoms with van der Waals surface area (Å²) in [4.78, 5) is 2.52. The third kappa shape index (κ3) is 6.71. The molecule has 0 fully saturated rings. The number of hydrogen-bond acceptors (Lipinski definition) is 3. The Morgan fingerprint density at radius 1 is 1.19 bits per heavy atom. The summed E-state index contributed by atoms with van der Waals surface area (Å²) >= 11 is 0.229. The van der Waals surface area contributed by atoms with Gasteiger partial charge in [0.15, 0.2) is 0 Å². The molecule has 0 aliphatic heterocycles. The van der Waals surface area contributed by atoms with Crippen LogP contribution in [0.5, 0.6) is 0 Å². The lowest BCUT2D eigenvalue weighted by Crippen LogP contribution is -2.34. The summed E-state index contributed by atoms with van der Waals surface area (Å²) in [6.07, 6.45) is 4.65. The average Bonchev–Trinajstić information content (AvgIpc) is 2.28. The van der Waals surface area contributed by atoms with Crippen LogP contribution in [0.2, 0.25) is 0 Å². The van der Waals surface area contributed by atoms with Crippen LogP contribution in [0.15, 0.2) is 0 Å². The predicted octanol–water partition coefficient (Wildman–Crippen LogP) is 3.79. The standard InChI is InChI=1S/C12H27FN2S/c1-5-12(15(6-2)7-3)10-8-9-11(4)14-16-13/h11-12,14H,5-10H2,1-4H3. The molecule has 0 saturated carbocycles. The normalized spacial score (nSPS) is 15.4. The first-order chi connectivity index (χ1) is 7.69. The second-order valence-electron chi connectivity index (χ2n) is 4.31. The van der Waals surface area contributed by atoms with E-state index in [4.69, 9.17) is 0 Å². The first-order valence-corrected chi connectivity index (χ1v) is 7.18. The molecule has 0 aromatic rings. The van der Waals surface area contributed by atoms with E-state index in [1.54, 1.807) is 0 Å². The van der Waals surface area contributed by atoms with Crippen molar-refractivity contribution in [1.82, 2.24) is 9.62 Å². The Balaban J connectivity index is 3.77. The van der Waals surface area contributed by atoms with Crippen molar-refractivity contribution in [3.8, 4) is 0 Å². The quantitative estimate of drug-likeness (QED) is 0.594. The maximum Gasteiger partial charge on any atom is 0.131 e. The highest BCUT2D eigenvalue weighted by Crippen LogP contribution is 2.14. The molecular weight excluding hydrogens is 223 g/mol. The third-order valence-corrected chi connectivity index (χ3v) is 3.71. The van der Waals surface area contributed by atoms with Crippen LogP contribution in [-0.4, -0.2) is 30.1 Å². The number of rotatable bonds is 10. The van der Waals surface area contributed by atoms with Gasteiger partial charge in [-0.05, 0) is 39.3 Å². The maximum absolute atomic E-state index is 11.9. The average molecular weight is 250 g/mol. The van der Waals surface area contributed by atoms with Crippen molar-refractivity contribution < 1.29 is 3.89 Å². The molecule has 2 nitrogen and oxygen atoms in total. The molecule has 16 heavy (non-hydrogen) atoms. The molecule has 0 aliphatic rings. The molecule has 0 radical (unpaired) electrons. The Labute approximate surface area is 105 Å². The van der Waals surface area contributed by atoms with E-state index < -0.39 is 0 Å². The van der Waals surface area contributed by atoms with Crippen LogP contribution in [0, 0.1) is 0 Å². The lowest BCUT2D eigenvalue weighted by molar-refractivity contribution is 0.196. The highest BCUT2D eigenvalue weighted by Gasteiger charge is 2.13. The first-order valence-electron chi connectivity index (χ1n) is 6.46. The van der Waals surface area contributed by atoms with Crippen LogP contribution in [0.4, 0.5) is 3.89 Å². The molecule has 0 heterocycles. The van der Waals surface area contributed by atoms with Gasteiger partial charge in [-0.2, -0.15) is 0 Å². The van der Waals surface area contributed by atoms with Crippen molar-refractivity contribution in [2.45, 2.75) is 65.5 Å². The van der Waals surface area contributed by atoms with Crippen LogP contribution in [-0.2, 0) is 0 Å². The van der Waals surface area contributed by atoms with Gasteiger partial charge in [-0.1, -0.05) is 27.2 Å². The molecule has 0 aromatic carbocycles. The Hall–Kier alpha value is 0.200. The Morgan fingerprint density at radius 3 is 2.25 bits per heavy atom. The Kier molecular flexibility index (Phi) is 10.5. The fourth-order valence-corrected chi connectivity index (χ4v) is 2.45. The van der Waals surface area contributed by atoms with Gasteiger partial charge in [0.2, 0.25) is 0 Å². The molecule has 0 rings (SSSR count). The largest absolute Gasteiger partial charge is 0.301 e. The molecule has 0 bridgehead atoms. The monoisotopic (exact) mass is 250 g/mol. The highest BCUT2D eigenvalue weighted by atomic mass is 32.2. The molecule has 0 saturated heterocycles. The molecule has 0 amide bonds. The molecule has 98 valence electrons. The molecule has 1 N–H and O–H groups in total. The number of halogens is 1. The molecule has 4 heteroatoms. The van der Waals surface area contributed by atoms with Crippen LogP contribution < -0.4 is 4.72 Å². The van der Waals surface area contributed by atoms with Gasteiger partial charge in [0.1, 0.15) is 12.3 Å². The summed E-state index contributed by atoms with van der Waals surface area (Å²) in [5.74, 6) is 0. The van der Waals surface area contributed by atoms with E-state index in [9.17, 15) is 3.89 Å². The third-order valence-electron chi connectivity index (χ3n) is 3.22. The zero-order valence-electron chi connectivity index (χ0n) is 11.1. The maximum atomic E-state index is 11.9. The van der Waals surface area contributed by atoms with Gasteiger partial charge in [0.05, 0.1) is 0 Å². The number of hydrogen-bond donors (Lipinski definition) is 1. The number of nitrogens with one attached hydrogen (secondary N) is 1. The zero-order valence-corrected chi connectivity index (χ0v) is 11.9. The predicted molar refractivity (Wildman–Crippen MR) is 72.1 cm³/mol. The fraction of sp³-hybridized carbons (Fsp3) is 1.00. The van der Waals surface area contributed by atoms with E-state index >= 15 is 0 Å². The van der Waals surface area contributed by atoms with E-state index in [1.807, 2.05) is 6.92 Å². The minimum atomic E-state index is 0.229. The van der Waals surface area contributed by atoms with Crippen molar-refractivity contribution in [3.63, 3.8) is 0 Å². The SMILES string of the molecule is CCC(CCCC(C)NSF)N(CC)CC. The van der Waals surface area contributed by atoms with Gasteiger partial charge < -0.3 is 4.90 Å². The number of nitrogens with zero attached hydrogens (tertiary/aromatic N) is 1. The second kappa shape index (κ2) is 10.4. The van der Waals surface area contributed by atoms with Crippen LogP contribution in [0.3, 0.4) is 0 Å². The first kappa shape index (κ1) is 16.2. The molecule has 0 aromatic heterocycles. The van der Waals surface area contributed by atoms with Crippen LogP contribution in [0.1, 0.15) is 53.4 Å². The van der Waals surface area contributed by atoms with Crippen LogP contribution >= 0.6 is 12.3 Å². The summed E-state index contributed by atoms with van der Waals surface area (Å²) in [5.41, 5.74) is 0. The smallest absolute Gasteiger partial charge is 0.131 e. The van der Waals surface area contributed by atoms with E-state index in [2.05, 4.69) is 30.4 Å². The Bertz CT molecular complexity index is 154. The van der Waals surface area contributed by atoms with Crippen molar-refractivity contribution in [2.24, 2.45) is 0 Å².